The van der Waals surface area contributed by atoms with Crippen LogP contribution in [-0.4, -0.2) is 52.1 Å². The number of fused-ring (bicyclic) bond motifs is 1. The summed E-state index contributed by atoms with van der Waals surface area (Å²) in [6, 6.07) is 15.2. The monoisotopic (exact) mass is 552 g/mol. The molecule has 5 rings (SSSR count). The Hall–Kier alpha value is -4.22. The van der Waals surface area contributed by atoms with Crippen LogP contribution in [0.5, 0.6) is 17.4 Å². The SMILES string of the molecule is CN1CCC(Oc2ccc(NC(=O)c3cccc4cc(Oc5ccnc(CO)n5)ccc34)cc2C(F)(F)F)CC1. The van der Waals surface area contributed by atoms with Crippen LogP contribution in [0.3, 0.4) is 0 Å². The van der Waals surface area contributed by atoms with E-state index in [0.717, 1.165) is 19.2 Å². The lowest BCUT2D eigenvalue weighted by Gasteiger charge is -2.30. The summed E-state index contributed by atoms with van der Waals surface area (Å²) in [7, 11) is 1.96. The molecule has 0 atom stereocenters. The van der Waals surface area contributed by atoms with Gasteiger partial charge in [0.15, 0.2) is 5.82 Å². The smallest absolute Gasteiger partial charge is 0.420 e. The van der Waals surface area contributed by atoms with Crippen molar-refractivity contribution in [2.24, 2.45) is 0 Å². The van der Waals surface area contributed by atoms with Crippen molar-refractivity contribution in [3.8, 4) is 17.4 Å². The van der Waals surface area contributed by atoms with Crippen molar-refractivity contribution in [3.63, 3.8) is 0 Å². The number of halogens is 3. The van der Waals surface area contributed by atoms with Gasteiger partial charge in [0.25, 0.3) is 5.91 Å². The van der Waals surface area contributed by atoms with Crippen molar-refractivity contribution in [2.75, 3.05) is 25.5 Å². The number of aliphatic hydroxyl groups excluding tert-OH is 1. The molecule has 4 aromatic rings. The lowest BCUT2D eigenvalue weighted by Crippen LogP contribution is -2.36. The molecule has 1 aromatic heterocycles. The maximum absolute atomic E-state index is 13.9. The van der Waals surface area contributed by atoms with E-state index in [1.54, 1.807) is 42.5 Å². The predicted molar refractivity (Wildman–Crippen MR) is 143 cm³/mol. The number of alkyl halides is 3. The third kappa shape index (κ3) is 6.32. The molecule has 0 radical (unpaired) electrons. The van der Waals surface area contributed by atoms with Gasteiger partial charge in [-0.25, -0.2) is 4.98 Å². The molecule has 0 unspecified atom stereocenters. The van der Waals surface area contributed by atoms with Crippen molar-refractivity contribution < 1.29 is 32.5 Å². The summed E-state index contributed by atoms with van der Waals surface area (Å²) in [5.41, 5.74) is -0.639. The van der Waals surface area contributed by atoms with Crippen molar-refractivity contribution in [3.05, 3.63) is 83.8 Å². The molecule has 8 nitrogen and oxygen atoms in total. The number of ether oxygens (including phenoxy) is 2. The Morgan fingerprint density at radius 1 is 1.10 bits per heavy atom. The molecule has 0 aliphatic carbocycles. The van der Waals surface area contributed by atoms with E-state index in [1.807, 2.05) is 7.05 Å². The fourth-order valence-electron chi connectivity index (χ4n) is 4.57. The standard InChI is InChI=1S/C29H27F3N4O4/c1-36-13-10-20(11-14-36)39-25-8-5-19(16-24(25)29(30,31)32)34-28(38)23-4-2-3-18-15-21(6-7-22(18)23)40-27-9-12-33-26(17-37)35-27/h2-9,12,15-16,20,37H,10-11,13-14,17H2,1H3,(H,34,38). The van der Waals surface area contributed by atoms with Gasteiger partial charge in [-0.2, -0.15) is 18.2 Å². The predicted octanol–water partition coefficient (Wildman–Crippen LogP) is 5.66. The molecular weight excluding hydrogens is 525 g/mol. The lowest BCUT2D eigenvalue weighted by molar-refractivity contribution is -0.139. The number of rotatable bonds is 7. The maximum Gasteiger partial charge on any atom is 0.420 e. The molecule has 0 saturated carbocycles. The highest BCUT2D eigenvalue weighted by atomic mass is 19.4. The van der Waals surface area contributed by atoms with Crippen LogP contribution in [0.4, 0.5) is 18.9 Å². The molecule has 2 N–H and O–H groups in total. The second-order valence-electron chi connectivity index (χ2n) is 9.54. The first-order valence-corrected chi connectivity index (χ1v) is 12.7. The fraction of sp³-hybridized carbons (Fsp3) is 0.276. The highest BCUT2D eigenvalue weighted by Gasteiger charge is 2.36. The molecule has 1 fully saturated rings. The van der Waals surface area contributed by atoms with Crippen molar-refractivity contribution >= 4 is 22.4 Å². The minimum Gasteiger partial charge on any atom is -0.490 e. The van der Waals surface area contributed by atoms with E-state index >= 15 is 0 Å². The summed E-state index contributed by atoms with van der Waals surface area (Å²) in [6.07, 6.45) is -2.20. The van der Waals surface area contributed by atoms with Crippen molar-refractivity contribution in [2.45, 2.75) is 31.7 Å². The summed E-state index contributed by atoms with van der Waals surface area (Å²) in [5, 5.41) is 13.1. The van der Waals surface area contributed by atoms with Crippen LogP contribution in [0.15, 0.2) is 66.9 Å². The van der Waals surface area contributed by atoms with Gasteiger partial charge in [0.2, 0.25) is 5.88 Å². The van der Waals surface area contributed by atoms with Crippen LogP contribution in [-0.2, 0) is 12.8 Å². The number of carbonyl (C=O) groups is 1. The van der Waals surface area contributed by atoms with Crippen LogP contribution in [0.25, 0.3) is 10.8 Å². The normalized spacial score (nSPS) is 14.7. The fourth-order valence-corrected chi connectivity index (χ4v) is 4.57. The van der Waals surface area contributed by atoms with Gasteiger partial charge < -0.3 is 24.8 Å². The number of hydrogen-bond donors (Lipinski definition) is 2. The van der Waals surface area contributed by atoms with Gasteiger partial charge >= 0.3 is 6.18 Å². The molecule has 11 heteroatoms. The zero-order valence-corrected chi connectivity index (χ0v) is 21.6. The molecule has 208 valence electrons. The first-order chi connectivity index (χ1) is 19.2. The maximum atomic E-state index is 13.9. The number of aromatic nitrogens is 2. The number of likely N-dealkylation sites (tertiary alicyclic amines) is 1. The third-order valence-corrected chi connectivity index (χ3v) is 6.64. The summed E-state index contributed by atoms with van der Waals surface area (Å²) in [5.74, 6) is 0.110. The van der Waals surface area contributed by atoms with E-state index in [2.05, 4.69) is 20.2 Å². The van der Waals surface area contributed by atoms with E-state index in [0.29, 0.717) is 29.4 Å². The number of nitrogens with one attached hydrogen (secondary N) is 1. The lowest BCUT2D eigenvalue weighted by atomic mass is 10.0. The highest BCUT2D eigenvalue weighted by molar-refractivity contribution is 6.13. The Morgan fingerprint density at radius 3 is 2.65 bits per heavy atom. The molecule has 3 aromatic carbocycles. The third-order valence-electron chi connectivity index (χ3n) is 6.64. The molecule has 0 spiro atoms. The number of aliphatic hydroxyl groups is 1. The minimum absolute atomic E-state index is 0.00783. The Bertz CT molecular complexity index is 1520. The van der Waals surface area contributed by atoms with Crippen LogP contribution in [0, 0.1) is 0 Å². The number of hydrogen-bond acceptors (Lipinski definition) is 7. The topological polar surface area (TPSA) is 96.8 Å². The summed E-state index contributed by atoms with van der Waals surface area (Å²) in [4.78, 5) is 23.3. The van der Waals surface area contributed by atoms with Gasteiger partial charge in [0.1, 0.15) is 24.2 Å². The van der Waals surface area contributed by atoms with Gasteiger partial charge in [0, 0.05) is 36.6 Å². The van der Waals surface area contributed by atoms with Crippen LogP contribution in [0.1, 0.15) is 34.6 Å². The van der Waals surface area contributed by atoms with Gasteiger partial charge in [-0.15, -0.1) is 0 Å². The molecule has 1 amide bonds. The van der Waals surface area contributed by atoms with Gasteiger partial charge in [-0.05, 0) is 73.1 Å². The van der Waals surface area contributed by atoms with E-state index in [-0.39, 0.29) is 41.4 Å². The largest absolute Gasteiger partial charge is 0.490 e. The number of benzene rings is 3. The molecule has 0 bridgehead atoms. The molecule has 1 aliphatic heterocycles. The van der Waals surface area contributed by atoms with Gasteiger partial charge in [0.05, 0.1) is 5.56 Å². The first kappa shape index (κ1) is 27.4. The number of carbonyl (C=O) groups excluding carboxylic acids is 1. The van der Waals surface area contributed by atoms with Crippen LogP contribution < -0.4 is 14.8 Å². The minimum atomic E-state index is -4.65. The Balaban J connectivity index is 1.35. The zero-order valence-electron chi connectivity index (χ0n) is 21.6. The number of amides is 1. The molecule has 1 saturated heterocycles. The molecule has 1 aliphatic rings. The average Bonchev–Trinajstić information content (AvgIpc) is 2.94. The quantitative estimate of drug-likeness (QED) is 0.306. The Kier molecular flexibility index (Phi) is 7.85. The highest BCUT2D eigenvalue weighted by Crippen LogP contribution is 2.39. The van der Waals surface area contributed by atoms with Crippen molar-refractivity contribution in [1.82, 2.24) is 14.9 Å². The average molecular weight is 553 g/mol. The zero-order chi connectivity index (χ0) is 28.3. The number of piperidine rings is 1. The van der Waals surface area contributed by atoms with Gasteiger partial charge in [-0.1, -0.05) is 12.1 Å². The second-order valence-corrected chi connectivity index (χ2v) is 9.54. The van der Waals surface area contributed by atoms with Crippen molar-refractivity contribution in [1.29, 1.82) is 0 Å². The Labute approximate surface area is 228 Å². The van der Waals surface area contributed by atoms with E-state index in [4.69, 9.17) is 9.47 Å². The summed E-state index contributed by atoms with van der Waals surface area (Å²) >= 11 is 0. The second kappa shape index (κ2) is 11.5. The van der Waals surface area contributed by atoms with E-state index in [1.165, 1.54) is 18.3 Å². The van der Waals surface area contributed by atoms with Crippen LogP contribution in [0.2, 0.25) is 0 Å². The first-order valence-electron chi connectivity index (χ1n) is 12.7. The summed E-state index contributed by atoms with van der Waals surface area (Å²) in [6.45, 7) is 1.18. The number of anilines is 1. The number of nitrogens with zero attached hydrogens (tertiary/aromatic N) is 3. The molecule has 40 heavy (non-hydrogen) atoms. The van der Waals surface area contributed by atoms with Crippen LogP contribution >= 0.6 is 0 Å². The van der Waals surface area contributed by atoms with Gasteiger partial charge in [-0.3, -0.25) is 4.79 Å². The Morgan fingerprint density at radius 2 is 1.90 bits per heavy atom. The molecule has 2 heterocycles. The molecular formula is C29H27F3N4O4. The van der Waals surface area contributed by atoms with E-state index < -0.39 is 17.6 Å². The van der Waals surface area contributed by atoms with E-state index in [9.17, 15) is 23.1 Å². The summed E-state index contributed by atoms with van der Waals surface area (Å²) < 4.78 is 53.2.